The Balaban J connectivity index is 2.40. The Morgan fingerprint density at radius 1 is 1.62 bits per heavy atom. The Morgan fingerprint density at radius 3 is 3.08 bits per heavy atom. The van der Waals surface area contributed by atoms with Crippen LogP contribution in [0.2, 0.25) is 0 Å². The predicted molar refractivity (Wildman–Crippen MR) is 50.5 cm³/mol. The largest absolute Gasteiger partial charge is 0.274 e. The first kappa shape index (κ1) is 9.71. The minimum absolute atomic E-state index is 0.165. The van der Waals surface area contributed by atoms with Crippen LogP contribution in [0.15, 0.2) is 24.5 Å². The highest BCUT2D eigenvalue weighted by atomic mass is 16.1. The Kier molecular flexibility index (Phi) is 3.96. The lowest BCUT2D eigenvalue weighted by Gasteiger charge is -1.99. The third-order valence-corrected chi connectivity index (χ3v) is 1.68. The molecule has 0 aromatic carbocycles. The fourth-order valence-corrected chi connectivity index (χ4v) is 0.919. The Hall–Kier alpha value is -1.38. The highest BCUT2D eigenvalue weighted by Crippen LogP contribution is 1.96. The van der Waals surface area contributed by atoms with Crippen LogP contribution in [-0.4, -0.2) is 17.4 Å². The lowest BCUT2D eigenvalue weighted by Crippen LogP contribution is -2.16. The zero-order valence-corrected chi connectivity index (χ0v) is 7.73. The summed E-state index contributed by atoms with van der Waals surface area (Å²) in [5.41, 5.74) is 0.568. The molecule has 1 aromatic heterocycles. The third-order valence-electron chi connectivity index (χ3n) is 1.68. The number of hydrogen-bond acceptors (Lipinski definition) is 2. The van der Waals surface area contributed by atoms with Crippen molar-refractivity contribution in [3.05, 3.63) is 30.1 Å². The Morgan fingerprint density at radius 2 is 2.46 bits per heavy atom. The molecule has 0 saturated carbocycles. The quantitative estimate of drug-likeness (QED) is 0.656. The molecule has 0 saturated heterocycles. The van der Waals surface area contributed by atoms with Crippen molar-refractivity contribution in [2.24, 2.45) is 0 Å². The minimum atomic E-state index is -0.165. The van der Waals surface area contributed by atoms with Crippen LogP contribution in [0.4, 0.5) is 0 Å². The first-order valence-corrected chi connectivity index (χ1v) is 4.46. The number of hydrogen-bond donors (Lipinski definition) is 0. The molecule has 0 aliphatic rings. The van der Waals surface area contributed by atoms with Gasteiger partial charge >= 0.3 is 0 Å². The van der Waals surface area contributed by atoms with E-state index in [9.17, 15) is 4.79 Å². The fourth-order valence-electron chi connectivity index (χ4n) is 0.919. The van der Waals surface area contributed by atoms with Crippen molar-refractivity contribution in [3.63, 3.8) is 0 Å². The summed E-state index contributed by atoms with van der Waals surface area (Å²) in [6, 6.07) is 3.47. The summed E-state index contributed by atoms with van der Waals surface area (Å²) in [5.74, 6) is -0.165. The van der Waals surface area contributed by atoms with Crippen molar-refractivity contribution in [3.8, 4) is 0 Å². The van der Waals surface area contributed by atoms with E-state index in [2.05, 4.69) is 17.2 Å². The van der Waals surface area contributed by atoms with Crippen LogP contribution in [0.5, 0.6) is 0 Å². The van der Waals surface area contributed by atoms with Crippen molar-refractivity contribution in [2.45, 2.75) is 19.8 Å². The average Bonchev–Trinajstić information content (AvgIpc) is 2.19. The highest BCUT2D eigenvalue weighted by Gasteiger charge is 2.04. The van der Waals surface area contributed by atoms with Crippen LogP contribution >= 0.6 is 0 Å². The zero-order chi connectivity index (χ0) is 9.52. The SMILES string of the molecule is CCCC[N]C(=O)c1cccnc1. The van der Waals surface area contributed by atoms with Gasteiger partial charge in [-0.3, -0.25) is 9.78 Å². The second kappa shape index (κ2) is 5.30. The number of carbonyl (C=O) groups is 1. The van der Waals surface area contributed by atoms with E-state index in [4.69, 9.17) is 0 Å². The molecule has 0 aliphatic heterocycles. The predicted octanol–water partition coefficient (Wildman–Crippen LogP) is 1.63. The summed E-state index contributed by atoms with van der Waals surface area (Å²) < 4.78 is 0. The van der Waals surface area contributed by atoms with Crippen molar-refractivity contribution in [1.82, 2.24) is 10.3 Å². The van der Waals surface area contributed by atoms with Gasteiger partial charge in [0, 0.05) is 18.9 Å². The molecule has 0 spiro atoms. The summed E-state index contributed by atoms with van der Waals surface area (Å²) in [5, 5.41) is 3.91. The van der Waals surface area contributed by atoms with Gasteiger partial charge in [0.1, 0.15) is 0 Å². The average molecular weight is 177 g/mol. The second-order valence-electron chi connectivity index (χ2n) is 2.78. The van der Waals surface area contributed by atoms with E-state index in [0.717, 1.165) is 12.8 Å². The maximum atomic E-state index is 11.3. The van der Waals surface area contributed by atoms with Crippen LogP contribution < -0.4 is 5.32 Å². The van der Waals surface area contributed by atoms with Crippen LogP contribution in [-0.2, 0) is 0 Å². The van der Waals surface area contributed by atoms with Gasteiger partial charge in [0.25, 0.3) is 5.91 Å². The van der Waals surface area contributed by atoms with Gasteiger partial charge in [-0.05, 0) is 18.6 Å². The summed E-state index contributed by atoms with van der Waals surface area (Å²) in [4.78, 5) is 15.2. The second-order valence-corrected chi connectivity index (χ2v) is 2.78. The van der Waals surface area contributed by atoms with E-state index in [1.54, 1.807) is 18.3 Å². The van der Waals surface area contributed by atoms with Crippen molar-refractivity contribution >= 4 is 5.91 Å². The molecule has 1 amide bonds. The maximum Gasteiger partial charge on any atom is 0.274 e. The monoisotopic (exact) mass is 177 g/mol. The highest BCUT2D eigenvalue weighted by molar-refractivity contribution is 5.93. The number of aromatic nitrogens is 1. The number of rotatable bonds is 4. The molecule has 0 atom stereocenters. The number of unbranched alkanes of at least 4 members (excludes halogenated alkanes) is 1. The van der Waals surface area contributed by atoms with Crippen molar-refractivity contribution in [2.75, 3.05) is 6.54 Å². The molecular weight excluding hydrogens is 164 g/mol. The van der Waals surface area contributed by atoms with Gasteiger partial charge in [0.2, 0.25) is 0 Å². The van der Waals surface area contributed by atoms with Gasteiger partial charge in [-0.2, -0.15) is 0 Å². The molecule has 0 fully saturated rings. The number of carbonyl (C=O) groups excluding carboxylic acids is 1. The van der Waals surface area contributed by atoms with Gasteiger partial charge in [-0.1, -0.05) is 13.3 Å². The van der Waals surface area contributed by atoms with Crippen LogP contribution in [0.1, 0.15) is 30.1 Å². The molecule has 1 radical (unpaired) electrons. The first-order valence-electron chi connectivity index (χ1n) is 4.46. The van der Waals surface area contributed by atoms with Gasteiger partial charge in [0.05, 0.1) is 5.56 Å². The summed E-state index contributed by atoms with van der Waals surface area (Å²) in [7, 11) is 0. The van der Waals surface area contributed by atoms with Crippen LogP contribution in [0.25, 0.3) is 0 Å². The molecule has 3 heteroatoms. The molecule has 1 aromatic rings. The molecule has 0 bridgehead atoms. The number of amides is 1. The zero-order valence-electron chi connectivity index (χ0n) is 7.73. The first-order chi connectivity index (χ1) is 6.34. The van der Waals surface area contributed by atoms with E-state index >= 15 is 0 Å². The molecule has 13 heavy (non-hydrogen) atoms. The van der Waals surface area contributed by atoms with Gasteiger partial charge < -0.3 is 0 Å². The van der Waals surface area contributed by atoms with E-state index in [1.165, 1.54) is 6.20 Å². The molecule has 0 unspecified atom stereocenters. The molecule has 0 N–H and O–H groups in total. The Labute approximate surface area is 78.2 Å². The smallest absolute Gasteiger partial charge is 0.267 e. The molecular formula is C10H13N2O. The number of nitrogens with zero attached hydrogens (tertiary/aromatic N) is 2. The minimum Gasteiger partial charge on any atom is -0.267 e. The van der Waals surface area contributed by atoms with E-state index < -0.39 is 0 Å². The van der Waals surface area contributed by atoms with Gasteiger partial charge in [0.15, 0.2) is 0 Å². The fraction of sp³-hybridized carbons (Fsp3) is 0.400. The molecule has 0 aliphatic carbocycles. The van der Waals surface area contributed by atoms with Crippen molar-refractivity contribution < 1.29 is 4.79 Å². The molecule has 69 valence electrons. The van der Waals surface area contributed by atoms with E-state index in [1.807, 2.05) is 0 Å². The van der Waals surface area contributed by atoms with Gasteiger partial charge in [-0.15, -0.1) is 0 Å². The number of pyridine rings is 1. The lowest BCUT2D eigenvalue weighted by molar-refractivity contribution is 0.0948. The Bertz CT molecular complexity index is 259. The van der Waals surface area contributed by atoms with Crippen molar-refractivity contribution in [1.29, 1.82) is 0 Å². The topological polar surface area (TPSA) is 44.1 Å². The summed E-state index contributed by atoms with van der Waals surface area (Å²) in [6.45, 7) is 2.69. The van der Waals surface area contributed by atoms with Gasteiger partial charge in [-0.25, -0.2) is 5.32 Å². The molecule has 1 rings (SSSR count). The molecule has 1 heterocycles. The lowest BCUT2D eigenvalue weighted by atomic mass is 10.2. The molecule has 3 nitrogen and oxygen atoms in total. The standard InChI is InChI=1S/C10H13N2O/c1-2-3-7-12-10(13)9-5-4-6-11-8-9/h4-6,8H,2-3,7H2,1H3. The summed E-state index contributed by atoms with van der Waals surface area (Å²) in [6.07, 6.45) is 5.20. The maximum absolute atomic E-state index is 11.3. The summed E-state index contributed by atoms with van der Waals surface area (Å²) >= 11 is 0. The third kappa shape index (κ3) is 3.23. The normalized spacial score (nSPS) is 9.62. The van der Waals surface area contributed by atoms with Crippen LogP contribution in [0.3, 0.4) is 0 Å². The van der Waals surface area contributed by atoms with E-state index in [0.29, 0.717) is 12.1 Å². The van der Waals surface area contributed by atoms with E-state index in [-0.39, 0.29) is 5.91 Å². The van der Waals surface area contributed by atoms with Crippen LogP contribution in [0, 0.1) is 0 Å².